The molecule has 0 unspecified atom stereocenters. The van der Waals surface area contributed by atoms with Gasteiger partial charge in [0.25, 0.3) is 0 Å². The Morgan fingerprint density at radius 3 is 2.11 bits per heavy atom. The van der Waals surface area contributed by atoms with Crippen molar-refractivity contribution < 1.29 is 0 Å². The molecule has 54 valence electrons. The van der Waals surface area contributed by atoms with Gasteiger partial charge in [-0.3, -0.25) is 4.90 Å². The maximum Gasteiger partial charge on any atom is 0.0667 e. The number of rotatable bonds is 3. The Kier molecular flexibility index (Phi) is 2.07. The number of thioether (sulfide) groups is 1. The lowest BCUT2D eigenvalue weighted by molar-refractivity contribution is 0.368. The average Bonchev–Trinajstić information content (AvgIpc) is 2.49. The van der Waals surface area contributed by atoms with Gasteiger partial charge in [0.1, 0.15) is 0 Å². The Balaban J connectivity index is 2.33. The van der Waals surface area contributed by atoms with E-state index in [1.54, 1.807) is 0 Å². The van der Waals surface area contributed by atoms with Gasteiger partial charge in [-0.05, 0) is 32.7 Å². The number of nitrogens with zero attached hydrogens (tertiary/aromatic N) is 1. The molecule has 0 aromatic rings. The summed E-state index contributed by atoms with van der Waals surface area (Å²) in [6.45, 7) is 2.23. The zero-order valence-corrected chi connectivity index (χ0v) is 7.29. The zero-order valence-electron chi connectivity index (χ0n) is 6.48. The molecule has 0 saturated heterocycles. The van der Waals surface area contributed by atoms with Gasteiger partial charge in [-0.1, -0.05) is 6.92 Å². The molecule has 1 saturated carbocycles. The SMILES string of the molecule is CCSC1(N(C)C)CC1. The summed E-state index contributed by atoms with van der Waals surface area (Å²) in [5.74, 6) is 1.25. The van der Waals surface area contributed by atoms with Gasteiger partial charge in [0.15, 0.2) is 0 Å². The second-order valence-electron chi connectivity index (χ2n) is 2.77. The number of hydrogen-bond acceptors (Lipinski definition) is 2. The molecule has 0 amide bonds. The molecule has 0 bridgehead atoms. The van der Waals surface area contributed by atoms with Gasteiger partial charge in [-0.2, -0.15) is 0 Å². The molecule has 0 spiro atoms. The molecule has 1 aliphatic rings. The van der Waals surface area contributed by atoms with E-state index in [2.05, 4.69) is 37.7 Å². The van der Waals surface area contributed by atoms with Crippen LogP contribution in [0.2, 0.25) is 0 Å². The van der Waals surface area contributed by atoms with E-state index in [0.29, 0.717) is 4.87 Å². The molecular formula is C7H15NS. The van der Waals surface area contributed by atoms with E-state index in [0.717, 1.165) is 0 Å². The minimum Gasteiger partial charge on any atom is -0.295 e. The van der Waals surface area contributed by atoms with Crippen LogP contribution in [-0.4, -0.2) is 29.6 Å². The molecule has 9 heavy (non-hydrogen) atoms. The van der Waals surface area contributed by atoms with Crippen molar-refractivity contribution in [1.29, 1.82) is 0 Å². The standard InChI is InChI=1S/C7H15NS/c1-4-9-7(5-6-7)8(2)3/h4-6H2,1-3H3. The van der Waals surface area contributed by atoms with E-state index in [4.69, 9.17) is 0 Å². The van der Waals surface area contributed by atoms with E-state index in [-0.39, 0.29) is 0 Å². The smallest absolute Gasteiger partial charge is 0.0667 e. The molecule has 0 aliphatic heterocycles. The fourth-order valence-electron chi connectivity index (χ4n) is 1.10. The Morgan fingerprint density at radius 2 is 2.00 bits per heavy atom. The lowest BCUT2D eigenvalue weighted by Crippen LogP contribution is -2.26. The van der Waals surface area contributed by atoms with E-state index in [1.165, 1.54) is 18.6 Å². The summed E-state index contributed by atoms with van der Waals surface area (Å²) in [6, 6.07) is 0. The third kappa shape index (κ3) is 1.41. The Morgan fingerprint density at radius 1 is 1.44 bits per heavy atom. The van der Waals surface area contributed by atoms with Gasteiger partial charge in [0.05, 0.1) is 4.87 Å². The van der Waals surface area contributed by atoms with Gasteiger partial charge in [0.2, 0.25) is 0 Å². The van der Waals surface area contributed by atoms with Crippen LogP contribution in [0.4, 0.5) is 0 Å². The molecule has 0 heterocycles. The summed E-state index contributed by atoms with van der Waals surface area (Å²) in [6.07, 6.45) is 2.77. The molecule has 1 nitrogen and oxygen atoms in total. The Labute approximate surface area is 61.8 Å². The van der Waals surface area contributed by atoms with Crippen molar-refractivity contribution in [3.63, 3.8) is 0 Å². The molecule has 0 N–H and O–H groups in total. The van der Waals surface area contributed by atoms with Crippen LogP contribution in [0, 0.1) is 0 Å². The van der Waals surface area contributed by atoms with Crippen LogP contribution in [0.5, 0.6) is 0 Å². The summed E-state index contributed by atoms with van der Waals surface area (Å²) in [7, 11) is 4.35. The fraction of sp³-hybridized carbons (Fsp3) is 1.00. The zero-order chi connectivity index (χ0) is 6.91. The molecule has 0 radical (unpaired) electrons. The minimum absolute atomic E-state index is 0.550. The van der Waals surface area contributed by atoms with Crippen molar-refractivity contribution in [1.82, 2.24) is 4.90 Å². The number of hydrogen-bond donors (Lipinski definition) is 0. The lowest BCUT2D eigenvalue weighted by atomic mass is 10.6. The molecule has 0 atom stereocenters. The summed E-state index contributed by atoms with van der Waals surface area (Å²) < 4.78 is 0. The molecule has 0 aromatic heterocycles. The maximum absolute atomic E-state index is 2.35. The monoisotopic (exact) mass is 145 g/mol. The third-order valence-electron chi connectivity index (χ3n) is 1.91. The largest absolute Gasteiger partial charge is 0.295 e. The third-order valence-corrected chi connectivity index (χ3v) is 3.51. The predicted molar refractivity (Wildman–Crippen MR) is 43.8 cm³/mol. The summed E-state index contributed by atoms with van der Waals surface area (Å²) in [4.78, 5) is 2.90. The van der Waals surface area contributed by atoms with Crippen molar-refractivity contribution in [2.24, 2.45) is 0 Å². The molecule has 1 rings (SSSR count). The quantitative estimate of drug-likeness (QED) is 0.557. The Hall–Kier alpha value is 0.310. The van der Waals surface area contributed by atoms with Crippen molar-refractivity contribution in [2.75, 3.05) is 19.8 Å². The first-order valence-corrected chi connectivity index (χ1v) is 4.51. The van der Waals surface area contributed by atoms with Gasteiger partial charge >= 0.3 is 0 Å². The molecule has 0 aromatic carbocycles. The fourth-order valence-corrected chi connectivity index (χ4v) is 2.28. The van der Waals surface area contributed by atoms with Crippen molar-refractivity contribution >= 4 is 11.8 Å². The highest BCUT2D eigenvalue weighted by Gasteiger charge is 2.44. The normalized spacial score (nSPS) is 22.7. The van der Waals surface area contributed by atoms with Gasteiger partial charge in [0, 0.05) is 0 Å². The topological polar surface area (TPSA) is 3.24 Å². The first kappa shape index (κ1) is 7.42. The van der Waals surface area contributed by atoms with Crippen molar-refractivity contribution in [3.8, 4) is 0 Å². The molecule has 1 aliphatic carbocycles. The highest BCUT2D eigenvalue weighted by Crippen LogP contribution is 2.49. The van der Waals surface area contributed by atoms with E-state index in [9.17, 15) is 0 Å². The van der Waals surface area contributed by atoms with Gasteiger partial charge in [-0.15, -0.1) is 11.8 Å². The van der Waals surface area contributed by atoms with Crippen LogP contribution in [0.15, 0.2) is 0 Å². The molecule has 2 heteroatoms. The summed E-state index contributed by atoms with van der Waals surface area (Å²) in [5, 5.41) is 0. The van der Waals surface area contributed by atoms with E-state index >= 15 is 0 Å². The van der Waals surface area contributed by atoms with Crippen LogP contribution < -0.4 is 0 Å². The van der Waals surface area contributed by atoms with Gasteiger partial charge in [-0.25, -0.2) is 0 Å². The first-order chi connectivity index (χ1) is 4.21. The predicted octanol–water partition coefficient (Wildman–Crippen LogP) is 1.79. The average molecular weight is 145 g/mol. The maximum atomic E-state index is 2.35. The van der Waals surface area contributed by atoms with Gasteiger partial charge < -0.3 is 0 Å². The van der Waals surface area contributed by atoms with Crippen molar-refractivity contribution in [3.05, 3.63) is 0 Å². The van der Waals surface area contributed by atoms with Crippen LogP contribution >= 0.6 is 11.8 Å². The van der Waals surface area contributed by atoms with Crippen LogP contribution in [0.25, 0.3) is 0 Å². The van der Waals surface area contributed by atoms with E-state index < -0.39 is 0 Å². The lowest BCUT2D eigenvalue weighted by Gasteiger charge is -2.21. The van der Waals surface area contributed by atoms with Crippen molar-refractivity contribution in [2.45, 2.75) is 24.6 Å². The summed E-state index contributed by atoms with van der Waals surface area (Å²) in [5.41, 5.74) is 0. The first-order valence-electron chi connectivity index (χ1n) is 3.53. The minimum atomic E-state index is 0.550. The van der Waals surface area contributed by atoms with Crippen LogP contribution in [-0.2, 0) is 0 Å². The summed E-state index contributed by atoms with van der Waals surface area (Å²) >= 11 is 2.08. The molecular weight excluding hydrogens is 130 g/mol. The van der Waals surface area contributed by atoms with E-state index in [1.807, 2.05) is 0 Å². The Bertz CT molecular complexity index is 97.1. The second kappa shape index (κ2) is 2.51. The highest BCUT2D eigenvalue weighted by molar-refractivity contribution is 8.00. The molecule has 1 fully saturated rings. The van der Waals surface area contributed by atoms with Crippen LogP contribution in [0.1, 0.15) is 19.8 Å². The highest BCUT2D eigenvalue weighted by atomic mass is 32.2. The van der Waals surface area contributed by atoms with Crippen LogP contribution in [0.3, 0.4) is 0 Å². The second-order valence-corrected chi connectivity index (χ2v) is 4.40.